The molecular weight excluding hydrogens is 446 g/mol. The molecular formula is C23H29N3O6S. The van der Waals surface area contributed by atoms with Gasteiger partial charge in [-0.2, -0.15) is 4.31 Å². The molecule has 1 aromatic carbocycles. The Bertz CT molecular complexity index is 1090. The molecule has 33 heavy (non-hydrogen) atoms. The smallest absolute Gasteiger partial charge is 0.244 e. The van der Waals surface area contributed by atoms with Crippen LogP contribution in [0.25, 0.3) is 5.57 Å². The van der Waals surface area contributed by atoms with Crippen LogP contribution in [-0.2, 0) is 14.8 Å². The number of benzene rings is 1. The van der Waals surface area contributed by atoms with Crippen molar-refractivity contribution in [2.45, 2.75) is 11.3 Å². The Morgan fingerprint density at radius 2 is 1.67 bits per heavy atom. The number of nitrogens with zero attached hydrogens (tertiary/aromatic N) is 3. The average molecular weight is 476 g/mol. The number of hydrogen-bond donors (Lipinski definition) is 0. The van der Waals surface area contributed by atoms with Gasteiger partial charge in [-0.25, -0.2) is 13.4 Å². The summed E-state index contributed by atoms with van der Waals surface area (Å²) in [4.78, 5) is 6.76. The first-order valence-corrected chi connectivity index (χ1v) is 12.2. The monoisotopic (exact) mass is 475 g/mol. The molecule has 2 aliphatic heterocycles. The zero-order chi connectivity index (χ0) is 23.4. The zero-order valence-electron chi connectivity index (χ0n) is 19.1. The fourth-order valence-electron chi connectivity index (χ4n) is 4.07. The molecule has 0 radical (unpaired) electrons. The molecule has 0 saturated carbocycles. The van der Waals surface area contributed by atoms with Crippen LogP contribution in [0.1, 0.15) is 12.0 Å². The fraction of sp³-hybridized carbons (Fsp3) is 0.435. The number of pyridine rings is 1. The van der Waals surface area contributed by atoms with Gasteiger partial charge in [-0.1, -0.05) is 6.08 Å². The van der Waals surface area contributed by atoms with Gasteiger partial charge in [0, 0.05) is 44.5 Å². The van der Waals surface area contributed by atoms with Gasteiger partial charge >= 0.3 is 0 Å². The van der Waals surface area contributed by atoms with Crippen LogP contribution >= 0.6 is 0 Å². The molecule has 178 valence electrons. The van der Waals surface area contributed by atoms with E-state index in [-0.39, 0.29) is 4.90 Å². The van der Waals surface area contributed by atoms with Gasteiger partial charge in [0.15, 0.2) is 0 Å². The summed E-state index contributed by atoms with van der Waals surface area (Å²) in [7, 11) is 1.31. The lowest BCUT2D eigenvalue weighted by Gasteiger charge is -2.29. The van der Waals surface area contributed by atoms with Crippen LogP contribution in [-0.4, -0.2) is 78.4 Å². The van der Waals surface area contributed by atoms with Crippen molar-refractivity contribution in [1.82, 2.24) is 9.29 Å². The van der Waals surface area contributed by atoms with Crippen molar-refractivity contribution >= 4 is 21.4 Å². The zero-order valence-corrected chi connectivity index (χ0v) is 19.9. The molecule has 0 spiro atoms. The molecule has 1 saturated heterocycles. The summed E-state index contributed by atoms with van der Waals surface area (Å²) >= 11 is 0. The molecule has 2 aliphatic rings. The van der Waals surface area contributed by atoms with Gasteiger partial charge in [-0.3, -0.25) is 0 Å². The van der Waals surface area contributed by atoms with Crippen LogP contribution in [0, 0.1) is 0 Å². The molecule has 10 heteroatoms. The van der Waals surface area contributed by atoms with Gasteiger partial charge in [0.25, 0.3) is 0 Å². The van der Waals surface area contributed by atoms with E-state index in [9.17, 15) is 8.42 Å². The predicted octanol–water partition coefficient (Wildman–Crippen LogP) is 2.42. The Labute approximate surface area is 194 Å². The van der Waals surface area contributed by atoms with E-state index < -0.39 is 10.0 Å². The summed E-state index contributed by atoms with van der Waals surface area (Å²) in [6.45, 7) is 2.92. The van der Waals surface area contributed by atoms with Crippen LogP contribution in [0.3, 0.4) is 0 Å². The molecule has 0 atom stereocenters. The summed E-state index contributed by atoms with van der Waals surface area (Å²) in [5.74, 6) is 2.80. The van der Waals surface area contributed by atoms with Gasteiger partial charge < -0.3 is 23.8 Å². The Hall–Kier alpha value is -2.82. The van der Waals surface area contributed by atoms with Crippen molar-refractivity contribution in [1.29, 1.82) is 0 Å². The Morgan fingerprint density at radius 1 is 0.970 bits per heavy atom. The maximum absolute atomic E-state index is 12.8. The summed E-state index contributed by atoms with van der Waals surface area (Å²) in [5.41, 5.74) is 2.04. The van der Waals surface area contributed by atoms with Crippen molar-refractivity contribution < 1.29 is 27.4 Å². The second-order valence-corrected chi connectivity index (χ2v) is 9.64. The molecule has 3 heterocycles. The van der Waals surface area contributed by atoms with Crippen LogP contribution in [0.2, 0.25) is 0 Å². The lowest BCUT2D eigenvalue weighted by molar-refractivity contribution is 0.0730. The van der Waals surface area contributed by atoms with Crippen LogP contribution in [0.15, 0.2) is 41.4 Å². The summed E-state index contributed by atoms with van der Waals surface area (Å²) in [6, 6.07) is 7.09. The fourth-order valence-corrected chi connectivity index (χ4v) is 5.43. The standard InChI is InChI=1S/C23H29N3O6S/c1-29-18-14-20(30-2)23(21(15-18)31-3)17-6-8-25(9-7-17)22-5-4-19(16-24-22)33(27,28)26-10-12-32-13-11-26/h4-6,14-16H,7-13H2,1-3H3. The molecule has 4 rings (SSSR count). The average Bonchev–Trinajstić information content (AvgIpc) is 2.88. The molecule has 1 aromatic heterocycles. The maximum atomic E-state index is 12.8. The van der Waals surface area contributed by atoms with E-state index in [1.54, 1.807) is 33.5 Å². The van der Waals surface area contributed by atoms with E-state index >= 15 is 0 Å². The molecule has 0 bridgehead atoms. The largest absolute Gasteiger partial charge is 0.496 e. The Morgan fingerprint density at radius 3 is 2.18 bits per heavy atom. The number of ether oxygens (including phenoxy) is 4. The molecule has 2 aromatic rings. The van der Waals surface area contributed by atoms with Crippen LogP contribution in [0.4, 0.5) is 5.82 Å². The van der Waals surface area contributed by atoms with Gasteiger partial charge in [0.1, 0.15) is 28.0 Å². The number of aromatic nitrogens is 1. The third-order valence-electron chi connectivity index (χ3n) is 5.90. The van der Waals surface area contributed by atoms with Crippen molar-refractivity contribution in [3.63, 3.8) is 0 Å². The molecule has 0 aliphatic carbocycles. The van der Waals surface area contributed by atoms with E-state index in [0.717, 1.165) is 29.9 Å². The third kappa shape index (κ3) is 4.78. The highest BCUT2D eigenvalue weighted by Gasteiger charge is 2.27. The second kappa shape index (κ2) is 9.98. The van der Waals surface area contributed by atoms with Gasteiger partial charge in [-0.15, -0.1) is 0 Å². The van der Waals surface area contributed by atoms with Crippen molar-refractivity contribution in [2.75, 3.05) is 65.6 Å². The van der Waals surface area contributed by atoms with Gasteiger partial charge in [-0.05, 0) is 24.1 Å². The number of hydrogen-bond acceptors (Lipinski definition) is 8. The topological polar surface area (TPSA) is 90.4 Å². The van der Waals surface area contributed by atoms with Crippen molar-refractivity contribution in [3.8, 4) is 17.2 Å². The molecule has 0 unspecified atom stereocenters. The van der Waals surface area contributed by atoms with Crippen molar-refractivity contribution in [3.05, 3.63) is 42.1 Å². The molecule has 0 amide bonds. The Kier molecular flexibility index (Phi) is 7.06. The van der Waals surface area contributed by atoms with E-state index in [1.807, 2.05) is 12.1 Å². The third-order valence-corrected chi connectivity index (χ3v) is 7.78. The molecule has 9 nitrogen and oxygen atoms in total. The number of methoxy groups -OCH3 is 3. The van der Waals surface area contributed by atoms with E-state index in [0.29, 0.717) is 50.1 Å². The summed E-state index contributed by atoms with van der Waals surface area (Å²) in [5, 5.41) is 0. The molecule has 1 fully saturated rings. The number of rotatable bonds is 7. The quantitative estimate of drug-likeness (QED) is 0.603. The number of morpholine rings is 1. The summed E-state index contributed by atoms with van der Waals surface area (Å²) < 4.78 is 48.9. The first-order chi connectivity index (χ1) is 16.0. The van der Waals surface area contributed by atoms with Crippen molar-refractivity contribution in [2.24, 2.45) is 0 Å². The van der Waals surface area contributed by atoms with Gasteiger partial charge in [0.05, 0.1) is 40.1 Å². The Balaban J connectivity index is 1.52. The number of anilines is 1. The van der Waals surface area contributed by atoms with Gasteiger partial charge in [0.2, 0.25) is 10.0 Å². The van der Waals surface area contributed by atoms with Crippen LogP contribution < -0.4 is 19.1 Å². The highest BCUT2D eigenvalue weighted by atomic mass is 32.2. The summed E-state index contributed by atoms with van der Waals surface area (Å²) in [6.07, 6.45) is 4.32. The SMILES string of the molecule is COc1cc(OC)c(C2=CCN(c3ccc(S(=O)(=O)N4CCOCC4)cn3)CC2)c(OC)c1. The maximum Gasteiger partial charge on any atom is 0.244 e. The van der Waals surface area contributed by atoms with E-state index in [1.165, 1.54) is 10.5 Å². The normalized spacial score (nSPS) is 17.4. The molecule has 0 N–H and O–H groups in total. The number of sulfonamides is 1. The van der Waals surface area contributed by atoms with E-state index in [4.69, 9.17) is 18.9 Å². The first-order valence-electron chi connectivity index (χ1n) is 10.8. The minimum Gasteiger partial charge on any atom is -0.496 e. The highest BCUT2D eigenvalue weighted by Crippen LogP contribution is 2.41. The minimum absolute atomic E-state index is 0.203. The lowest BCUT2D eigenvalue weighted by atomic mass is 9.97. The highest BCUT2D eigenvalue weighted by molar-refractivity contribution is 7.89. The lowest BCUT2D eigenvalue weighted by Crippen LogP contribution is -2.40. The second-order valence-electron chi connectivity index (χ2n) is 7.70. The predicted molar refractivity (Wildman–Crippen MR) is 125 cm³/mol. The van der Waals surface area contributed by atoms with Crippen LogP contribution in [0.5, 0.6) is 17.2 Å². The first kappa shape index (κ1) is 23.3. The minimum atomic E-state index is -3.55. The van der Waals surface area contributed by atoms with E-state index in [2.05, 4.69) is 16.0 Å².